The zero-order valence-electron chi connectivity index (χ0n) is 6.95. The van der Waals surface area contributed by atoms with Crippen molar-refractivity contribution < 1.29 is 0 Å². The van der Waals surface area contributed by atoms with Crippen LogP contribution in [-0.2, 0) is 0 Å². The summed E-state index contributed by atoms with van der Waals surface area (Å²) in [5, 5.41) is 2.87. The third-order valence-corrected chi connectivity index (χ3v) is 3.27. The average molecular weight is 167 g/mol. The van der Waals surface area contributed by atoms with Gasteiger partial charge in [-0.25, -0.2) is 0 Å². The lowest BCUT2D eigenvalue weighted by Crippen LogP contribution is -2.12. The Bertz CT molecular complexity index is 218. The maximum absolute atomic E-state index is 2.32. The highest BCUT2D eigenvalue weighted by atomic mass is 32.2. The van der Waals surface area contributed by atoms with Gasteiger partial charge in [0, 0.05) is 18.8 Å². The molecule has 0 saturated carbocycles. The summed E-state index contributed by atoms with van der Waals surface area (Å²) >= 11 is 1.93. The molecule has 11 heavy (non-hydrogen) atoms. The molecule has 2 aliphatic heterocycles. The van der Waals surface area contributed by atoms with Gasteiger partial charge in [0.15, 0.2) is 0 Å². The summed E-state index contributed by atoms with van der Waals surface area (Å²) in [7, 11) is 0. The number of fused-ring (bicyclic) bond motifs is 1. The molecule has 0 aromatic heterocycles. The standard InChI is InChI=1S/C9H13NS/c1-7(2)8-5-9-10(6-8)3-4-11-9/h3-4,6-7,9H,5H2,1-2H3. The zero-order valence-corrected chi connectivity index (χ0v) is 7.77. The molecule has 0 spiro atoms. The van der Waals surface area contributed by atoms with Gasteiger partial charge in [0.05, 0.1) is 5.37 Å². The Labute approximate surface area is 72.2 Å². The highest BCUT2D eigenvalue weighted by Gasteiger charge is 2.26. The molecule has 0 fully saturated rings. The van der Waals surface area contributed by atoms with Crippen molar-refractivity contribution in [2.24, 2.45) is 5.92 Å². The largest absolute Gasteiger partial charge is 0.341 e. The fourth-order valence-electron chi connectivity index (χ4n) is 1.47. The molecule has 2 heteroatoms. The van der Waals surface area contributed by atoms with E-state index in [1.54, 1.807) is 5.57 Å². The minimum absolute atomic E-state index is 0.687. The van der Waals surface area contributed by atoms with E-state index in [0.717, 1.165) is 5.92 Å². The Hall–Kier alpha value is -0.370. The molecule has 1 unspecified atom stereocenters. The van der Waals surface area contributed by atoms with E-state index in [2.05, 4.69) is 36.6 Å². The van der Waals surface area contributed by atoms with Crippen LogP contribution in [0.4, 0.5) is 0 Å². The molecule has 0 bridgehead atoms. The van der Waals surface area contributed by atoms with E-state index >= 15 is 0 Å². The highest BCUT2D eigenvalue weighted by molar-refractivity contribution is 8.02. The minimum atomic E-state index is 0.687. The Balaban J connectivity index is 2.12. The number of thioether (sulfide) groups is 1. The fourth-order valence-corrected chi connectivity index (χ4v) is 2.43. The monoisotopic (exact) mass is 167 g/mol. The number of hydrogen-bond acceptors (Lipinski definition) is 2. The topological polar surface area (TPSA) is 3.24 Å². The molecule has 2 heterocycles. The number of hydrogen-bond donors (Lipinski definition) is 0. The highest BCUT2D eigenvalue weighted by Crippen LogP contribution is 2.37. The van der Waals surface area contributed by atoms with Gasteiger partial charge in [0.25, 0.3) is 0 Å². The lowest BCUT2D eigenvalue weighted by atomic mass is 10.0. The quantitative estimate of drug-likeness (QED) is 0.591. The van der Waals surface area contributed by atoms with Gasteiger partial charge in [0.1, 0.15) is 0 Å². The predicted molar refractivity (Wildman–Crippen MR) is 49.9 cm³/mol. The van der Waals surface area contributed by atoms with E-state index < -0.39 is 0 Å². The van der Waals surface area contributed by atoms with Crippen LogP contribution in [0.2, 0.25) is 0 Å². The Morgan fingerprint density at radius 1 is 1.64 bits per heavy atom. The molecule has 2 aliphatic rings. The molecule has 1 nitrogen and oxygen atoms in total. The van der Waals surface area contributed by atoms with Crippen LogP contribution >= 0.6 is 11.8 Å². The zero-order chi connectivity index (χ0) is 7.84. The van der Waals surface area contributed by atoms with Crippen LogP contribution in [0.25, 0.3) is 0 Å². The maximum atomic E-state index is 2.32. The first-order chi connectivity index (χ1) is 5.27. The van der Waals surface area contributed by atoms with Gasteiger partial charge in [-0.05, 0) is 16.9 Å². The molecular formula is C9H13NS. The van der Waals surface area contributed by atoms with Crippen LogP contribution in [0.1, 0.15) is 20.3 Å². The minimum Gasteiger partial charge on any atom is -0.341 e. The van der Waals surface area contributed by atoms with Crippen molar-refractivity contribution in [3.05, 3.63) is 23.4 Å². The second-order valence-electron chi connectivity index (χ2n) is 3.39. The SMILES string of the molecule is CC(C)C1=CN2C=CSC2C1. The maximum Gasteiger partial charge on any atom is 0.0866 e. The van der Waals surface area contributed by atoms with E-state index in [4.69, 9.17) is 0 Å². The molecule has 0 aliphatic carbocycles. The third kappa shape index (κ3) is 1.20. The second-order valence-corrected chi connectivity index (χ2v) is 4.47. The molecule has 0 N–H and O–H groups in total. The third-order valence-electron chi connectivity index (χ3n) is 2.27. The molecule has 0 saturated heterocycles. The summed E-state index contributed by atoms with van der Waals surface area (Å²) in [5.74, 6) is 0.717. The first-order valence-corrected chi connectivity index (χ1v) is 5.02. The van der Waals surface area contributed by atoms with Gasteiger partial charge in [-0.3, -0.25) is 0 Å². The van der Waals surface area contributed by atoms with Crippen molar-refractivity contribution >= 4 is 11.8 Å². The van der Waals surface area contributed by atoms with Crippen LogP contribution in [0.3, 0.4) is 0 Å². The van der Waals surface area contributed by atoms with Crippen LogP contribution in [-0.4, -0.2) is 10.3 Å². The predicted octanol–water partition coefficient (Wildman–Crippen LogP) is 2.78. The average Bonchev–Trinajstić information content (AvgIpc) is 2.40. The summed E-state index contributed by atoms with van der Waals surface area (Å²) in [6.07, 6.45) is 5.71. The van der Waals surface area contributed by atoms with Crippen molar-refractivity contribution in [2.45, 2.75) is 25.6 Å². The Kier molecular flexibility index (Phi) is 1.72. The number of rotatable bonds is 1. The Morgan fingerprint density at radius 2 is 2.45 bits per heavy atom. The van der Waals surface area contributed by atoms with Crippen LogP contribution in [0.5, 0.6) is 0 Å². The molecule has 0 amide bonds. The summed E-state index contributed by atoms with van der Waals surface area (Å²) in [6.45, 7) is 4.53. The van der Waals surface area contributed by atoms with Crippen molar-refractivity contribution in [1.82, 2.24) is 4.90 Å². The molecule has 0 radical (unpaired) electrons. The molecule has 0 aromatic carbocycles. The summed E-state index contributed by atoms with van der Waals surface area (Å²) < 4.78 is 0. The van der Waals surface area contributed by atoms with E-state index in [9.17, 15) is 0 Å². The van der Waals surface area contributed by atoms with Gasteiger partial charge >= 0.3 is 0 Å². The number of nitrogens with zero attached hydrogens (tertiary/aromatic N) is 1. The molecule has 0 aromatic rings. The normalized spacial score (nSPS) is 28.1. The summed E-state index contributed by atoms with van der Waals surface area (Å²) in [4.78, 5) is 2.32. The van der Waals surface area contributed by atoms with E-state index in [1.165, 1.54) is 6.42 Å². The lowest BCUT2D eigenvalue weighted by molar-refractivity contribution is 0.519. The van der Waals surface area contributed by atoms with Gasteiger partial charge in [-0.15, -0.1) is 11.8 Å². The van der Waals surface area contributed by atoms with Gasteiger partial charge in [-0.2, -0.15) is 0 Å². The van der Waals surface area contributed by atoms with Crippen molar-refractivity contribution in [3.8, 4) is 0 Å². The second kappa shape index (κ2) is 2.59. The smallest absolute Gasteiger partial charge is 0.0866 e. The summed E-state index contributed by atoms with van der Waals surface area (Å²) in [6, 6.07) is 0. The van der Waals surface area contributed by atoms with Crippen molar-refractivity contribution in [3.63, 3.8) is 0 Å². The Morgan fingerprint density at radius 3 is 3.09 bits per heavy atom. The van der Waals surface area contributed by atoms with Crippen molar-refractivity contribution in [1.29, 1.82) is 0 Å². The lowest BCUT2D eigenvalue weighted by Gasteiger charge is -2.11. The van der Waals surface area contributed by atoms with E-state index in [0.29, 0.717) is 5.37 Å². The fraction of sp³-hybridized carbons (Fsp3) is 0.556. The first-order valence-electron chi connectivity index (χ1n) is 4.07. The van der Waals surface area contributed by atoms with Crippen LogP contribution in [0, 0.1) is 5.92 Å². The first kappa shape index (κ1) is 7.29. The molecule has 60 valence electrons. The van der Waals surface area contributed by atoms with Gasteiger partial charge < -0.3 is 4.90 Å². The molecule has 1 atom stereocenters. The van der Waals surface area contributed by atoms with Crippen LogP contribution < -0.4 is 0 Å². The molecule has 2 rings (SSSR count). The van der Waals surface area contributed by atoms with E-state index in [-0.39, 0.29) is 0 Å². The van der Waals surface area contributed by atoms with Gasteiger partial charge in [-0.1, -0.05) is 13.8 Å². The van der Waals surface area contributed by atoms with Gasteiger partial charge in [0.2, 0.25) is 0 Å². The van der Waals surface area contributed by atoms with E-state index in [1.807, 2.05) is 11.8 Å². The summed E-state index contributed by atoms with van der Waals surface area (Å²) in [5.41, 5.74) is 1.59. The van der Waals surface area contributed by atoms with Crippen molar-refractivity contribution in [2.75, 3.05) is 0 Å². The molecular weight excluding hydrogens is 154 g/mol. The van der Waals surface area contributed by atoms with Crippen LogP contribution in [0.15, 0.2) is 23.4 Å².